The van der Waals surface area contributed by atoms with Crippen molar-refractivity contribution >= 4 is 21.1 Å². The molecule has 0 saturated carbocycles. The van der Waals surface area contributed by atoms with Gasteiger partial charge in [-0.15, -0.1) is 0 Å². The quantitative estimate of drug-likeness (QED) is 0.759. The molecule has 0 unspecified atom stereocenters. The van der Waals surface area contributed by atoms with Crippen LogP contribution < -0.4 is 4.72 Å². The summed E-state index contributed by atoms with van der Waals surface area (Å²) in [5, 5.41) is 1.03. The predicted molar refractivity (Wildman–Crippen MR) is 86.2 cm³/mol. The zero-order valence-electron chi connectivity index (χ0n) is 12.2. The summed E-state index contributed by atoms with van der Waals surface area (Å²) in [7, 11) is -3.47. The molecule has 0 aliphatic rings. The van der Waals surface area contributed by atoms with Gasteiger partial charge in [-0.25, -0.2) is 18.1 Å². The normalized spacial score (nSPS) is 11.9. The summed E-state index contributed by atoms with van der Waals surface area (Å²) >= 11 is 0. The van der Waals surface area contributed by atoms with Crippen molar-refractivity contribution in [1.82, 2.24) is 14.7 Å². The molecule has 0 amide bonds. The van der Waals surface area contributed by atoms with Gasteiger partial charge in [-0.3, -0.25) is 0 Å². The summed E-state index contributed by atoms with van der Waals surface area (Å²) in [6, 6.07) is 10.8. The van der Waals surface area contributed by atoms with Crippen molar-refractivity contribution in [3.05, 3.63) is 59.9 Å². The number of fused-ring (bicyclic) bond motifs is 1. The fourth-order valence-corrected chi connectivity index (χ4v) is 3.75. The Bertz CT molecular complexity index is 900. The van der Waals surface area contributed by atoms with E-state index in [1.54, 1.807) is 31.3 Å². The molecule has 3 aromatic rings. The Morgan fingerprint density at radius 3 is 2.82 bits per heavy atom. The van der Waals surface area contributed by atoms with Gasteiger partial charge in [-0.1, -0.05) is 18.2 Å². The largest absolute Gasteiger partial charge is 0.346 e. The Kier molecular flexibility index (Phi) is 3.96. The van der Waals surface area contributed by atoms with Crippen LogP contribution in [0.1, 0.15) is 11.1 Å². The predicted octanol–water partition coefficient (Wildman–Crippen LogP) is 2.39. The molecule has 0 saturated heterocycles. The molecule has 0 atom stereocenters. The zero-order chi connectivity index (χ0) is 15.6. The van der Waals surface area contributed by atoms with Crippen LogP contribution in [0.2, 0.25) is 0 Å². The van der Waals surface area contributed by atoms with Crippen molar-refractivity contribution in [2.24, 2.45) is 0 Å². The van der Waals surface area contributed by atoms with Crippen molar-refractivity contribution < 1.29 is 8.42 Å². The smallest absolute Gasteiger partial charge is 0.240 e. The average Bonchev–Trinajstić information content (AvgIpc) is 2.91. The molecule has 2 heterocycles. The topological polar surface area (TPSA) is 74.8 Å². The molecule has 0 aliphatic heterocycles. The molecule has 0 aliphatic carbocycles. The fraction of sp³-hybridized carbons (Fsp3) is 0.188. The number of rotatable bonds is 5. The van der Waals surface area contributed by atoms with Gasteiger partial charge >= 0.3 is 0 Å². The van der Waals surface area contributed by atoms with Crippen molar-refractivity contribution in [2.75, 3.05) is 6.54 Å². The van der Waals surface area contributed by atoms with Crippen LogP contribution in [0, 0.1) is 6.92 Å². The molecule has 3 rings (SSSR count). The number of pyridine rings is 1. The van der Waals surface area contributed by atoms with Gasteiger partial charge in [0.25, 0.3) is 0 Å². The number of H-pyrrole nitrogens is 1. The third kappa shape index (κ3) is 2.88. The van der Waals surface area contributed by atoms with Crippen LogP contribution in [-0.4, -0.2) is 24.9 Å². The van der Waals surface area contributed by atoms with Crippen LogP contribution in [-0.2, 0) is 16.4 Å². The van der Waals surface area contributed by atoms with E-state index in [-0.39, 0.29) is 0 Å². The highest BCUT2D eigenvalue weighted by Gasteiger charge is 2.15. The first-order valence-electron chi connectivity index (χ1n) is 7.04. The van der Waals surface area contributed by atoms with Gasteiger partial charge in [0.1, 0.15) is 5.65 Å². The van der Waals surface area contributed by atoms with Gasteiger partial charge in [0.15, 0.2) is 0 Å². The minimum absolute atomic E-state index is 0.329. The number of aromatic amines is 1. The van der Waals surface area contributed by atoms with Crippen LogP contribution in [0.15, 0.2) is 53.7 Å². The maximum atomic E-state index is 12.3. The molecule has 6 heteroatoms. The Morgan fingerprint density at radius 1 is 1.18 bits per heavy atom. The maximum Gasteiger partial charge on any atom is 0.240 e. The van der Waals surface area contributed by atoms with Crippen molar-refractivity contribution in [2.45, 2.75) is 18.2 Å². The van der Waals surface area contributed by atoms with E-state index in [0.29, 0.717) is 17.9 Å². The highest BCUT2D eigenvalue weighted by atomic mass is 32.2. The minimum Gasteiger partial charge on any atom is -0.346 e. The second-order valence-corrected chi connectivity index (χ2v) is 6.86. The highest BCUT2D eigenvalue weighted by Crippen LogP contribution is 2.17. The van der Waals surface area contributed by atoms with E-state index >= 15 is 0 Å². The van der Waals surface area contributed by atoms with E-state index in [0.717, 1.165) is 22.2 Å². The molecule has 5 nitrogen and oxygen atoms in total. The third-order valence-electron chi connectivity index (χ3n) is 3.61. The number of aromatic nitrogens is 2. The van der Waals surface area contributed by atoms with E-state index in [9.17, 15) is 8.42 Å². The first kappa shape index (κ1) is 14.7. The molecule has 114 valence electrons. The lowest BCUT2D eigenvalue weighted by molar-refractivity contribution is 0.581. The molecule has 0 radical (unpaired) electrons. The second-order valence-electron chi connectivity index (χ2n) is 5.13. The summed E-state index contributed by atoms with van der Waals surface area (Å²) in [5.74, 6) is 0. The summed E-state index contributed by atoms with van der Waals surface area (Å²) < 4.78 is 27.3. The first-order valence-corrected chi connectivity index (χ1v) is 8.52. The number of hydrogen-bond acceptors (Lipinski definition) is 3. The van der Waals surface area contributed by atoms with E-state index < -0.39 is 10.0 Å². The number of nitrogens with one attached hydrogen (secondary N) is 2. The van der Waals surface area contributed by atoms with Gasteiger partial charge in [-0.05, 0) is 42.7 Å². The molecule has 22 heavy (non-hydrogen) atoms. The first-order chi connectivity index (χ1) is 10.6. The number of sulfonamides is 1. The molecular formula is C16H17N3O2S. The number of aryl methyl sites for hydroxylation is 1. The summed E-state index contributed by atoms with van der Waals surface area (Å²) in [6.07, 6.45) is 4.21. The van der Waals surface area contributed by atoms with Crippen LogP contribution >= 0.6 is 0 Å². The monoisotopic (exact) mass is 315 g/mol. The Hall–Kier alpha value is -2.18. The summed E-state index contributed by atoms with van der Waals surface area (Å²) in [6.45, 7) is 2.14. The van der Waals surface area contributed by atoms with E-state index in [1.807, 2.05) is 24.4 Å². The second kappa shape index (κ2) is 5.90. The molecule has 0 bridgehead atoms. The van der Waals surface area contributed by atoms with E-state index in [4.69, 9.17) is 0 Å². The van der Waals surface area contributed by atoms with Gasteiger partial charge in [0.2, 0.25) is 10.0 Å². The molecule has 1 aromatic carbocycles. The zero-order valence-corrected chi connectivity index (χ0v) is 13.0. The number of hydrogen-bond donors (Lipinski definition) is 2. The van der Waals surface area contributed by atoms with Gasteiger partial charge in [-0.2, -0.15) is 0 Å². The van der Waals surface area contributed by atoms with E-state index in [2.05, 4.69) is 14.7 Å². The molecule has 2 N–H and O–H groups in total. The summed E-state index contributed by atoms with van der Waals surface area (Å²) in [4.78, 5) is 7.64. The number of nitrogens with zero attached hydrogens (tertiary/aromatic N) is 1. The lowest BCUT2D eigenvalue weighted by atomic mass is 10.2. The fourth-order valence-electron chi connectivity index (χ4n) is 2.48. The van der Waals surface area contributed by atoms with Gasteiger partial charge < -0.3 is 4.98 Å². The van der Waals surface area contributed by atoms with Crippen molar-refractivity contribution in [3.63, 3.8) is 0 Å². The van der Waals surface area contributed by atoms with Gasteiger partial charge in [0, 0.05) is 24.3 Å². The molecular weight excluding hydrogens is 298 g/mol. The van der Waals surface area contributed by atoms with Crippen LogP contribution in [0.25, 0.3) is 11.0 Å². The number of benzene rings is 1. The van der Waals surface area contributed by atoms with Crippen molar-refractivity contribution in [1.29, 1.82) is 0 Å². The average molecular weight is 315 g/mol. The van der Waals surface area contributed by atoms with Crippen LogP contribution in [0.5, 0.6) is 0 Å². The lowest BCUT2D eigenvalue weighted by Gasteiger charge is -2.08. The van der Waals surface area contributed by atoms with Crippen LogP contribution in [0.3, 0.4) is 0 Å². The van der Waals surface area contributed by atoms with Crippen molar-refractivity contribution in [3.8, 4) is 0 Å². The molecule has 2 aromatic heterocycles. The SMILES string of the molecule is Cc1ccccc1S(=O)(=O)NCCc1c[nH]c2ncccc12. The van der Waals surface area contributed by atoms with Crippen LogP contribution in [0.4, 0.5) is 0 Å². The Balaban J connectivity index is 1.72. The van der Waals surface area contributed by atoms with E-state index in [1.165, 1.54) is 0 Å². The molecule has 0 spiro atoms. The Labute approximate surface area is 129 Å². The molecule has 0 fully saturated rings. The highest BCUT2D eigenvalue weighted by molar-refractivity contribution is 7.89. The Morgan fingerprint density at radius 2 is 2.00 bits per heavy atom. The lowest BCUT2D eigenvalue weighted by Crippen LogP contribution is -2.26. The third-order valence-corrected chi connectivity index (χ3v) is 5.23. The minimum atomic E-state index is -3.47. The standard InChI is InChI=1S/C16H17N3O2S/c1-12-5-2-3-7-15(12)22(20,21)19-10-8-13-11-18-16-14(13)6-4-9-17-16/h2-7,9,11,19H,8,10H2,1H3,(H,17,18). The summed E-state index contributed by atoms with van der Waals surface area (Å²) in [5.41, 5.74) is 2.61. The van der Waals surface area contributed by atoms with Gasteiger partial charge in [0.05, 0.1) is 4.90 Å². The maximum absolute atomic E-state index is 12.3.